The van der Waals surface area contributed by atoms with E-state index in [1.807, 2.05) is 36.5 Å². The molecule has 2 aromatic heterocycles. The number of carbonyl (C=O) groups is 1. The molecular weight excluding hydrogens is 372 g/mol. The van der Waals surface area contributed by atoms with Crippen LogP contribution in [-0.2, 0) is 17.8 Å². The monoisotopic (exact) mass is 392 g/mol. The van der Waals surface area contributed by atoms with Gasteiger partial charge in [0, 0.05) is 19.5 Å². The molecular formula is C21H20N4O4. The van der Waals surface area contributed by atoms with E-state index < -0.39 is 5.97 Å². The number of imidazole rings is 1. The van der Waals surface area contributed by atoms with Gasteiger partial charge < -0.3 is 9.84 Å². The minimum atomic E-state index is -1.03. The van der Waals surface area contributed by atoms with Gasteiger partial charge >= 0.3 is 11.7 Å². The quantitative estimate of drug-likeness (QED) is 0.521. The summed E-state index contributed by atoms with van der Waals surface area (Å²) < 4.78 is 10.1. The zero-order chi connectivity index (χ0) is 20.4. The second kappa shape index (κ2) is 7.76. The van der Waals surface area contributed by atoms with Crippen LogP contribution < -0.4 is 5.69 Å². The maximum absolute atomic E-state index is 13.1. The van der Waals surface area contributed by atoms with Crippen LogP contribution in [-0.4, -0.2) is 43.7 Å². The number of benzene rings is 2. The van der Waals surface area contributed by atoms with Crippen LogP contribution in [0.5, 0.6) is 0 Å². The topological polar surface area (TPSA) is 91.3 Å². The molecule has 1 N–H and O–H groups in total. The highest BCUT2D eigenvalue weighted by Crippen LogP contribution is 2.18. The second-order valence-corrected chi connectivity index (χ2v) is 6.64. The van der Waals surface area contributed by atoms with E-state index in [0.29, 0.717) is 30.7 Å². The highest BCUT2D eigenvalue weighted by molar-refractivity contribution is 5.92. The summed E-state index contributed by atoms with van der Waals surface area (Å²) in [7, 11) is 1.58. The van der Waals surface area contributed by atoms with Gasteiger partial charge in [0.1, 0.15) is 0 Å². The average molecular weight is 392 g/mol. The second-order valence-electron chi connectivity index (χ2n) is 6.64. The average Bonchev–Trinajstić information content (AvgIpc) is 3.35. The predicted octanol–water partition coefficient (Wildman–Crippen LogP) is 2.38. The lowest BCUT2D eigenvalue weighted by Gasteiger charge is -2.07. The normalized spacial score (nSPS) is 11.2. The van der Waals surface area contributed by atoms with Gasteiger partial charge in [-0.1, -0.05) is 12.1 Å². The first kappa shape index (κ1) is 18.7. The van der Waals surface area contributed by atoms with Crippen LogP contribution in [0, 0.1) is 0 Å². The van der Waals surface area contributed by atoms with E-state index in [-0.39, 0.29) is 11.3 Å². The molecule has 2 heterocycles. The molecule has 4 rings (SSSR count). The number of carboxylic acid groups (broad SMARTS) is 1. The zero-order valence-electron chi connectivity index (χ0n) is 15.9. The van der Waals surface area contributed by atoms with Crippen molar-refractivity contribution < 1.29 is 14.6 Å². The maximum Gasteiger partial charge on any atom is 0.335 e. The fourth-order valence-corrected chi connectivity index (χ4v) is 3.41. The standard InChI is InChI=1S/C21H20N4O4/c1-29-11-10-23-18-7-6-16(20(26)27)13-19(18)24(21(23)28)14-15-4-2-5-17(12-15)25-9-3-8-22-25/h2-9,12-13H,10-11,14H2,1H3,(H,26,27). The smallest absolute Gasteiger partial charge is 0.335 e. The summed E-state index contributed by atoms with van der Waals surface area (Å²) in [5.41, 5.74) is 2.99. The van der Waals surface area contributed by atoms with Crippen LogP contribution in [0.25, 0.3) is 16.7 Å². The first-order valence-corrected chi connectivity index (χ1v) is 9.13. The summed E-state index contributed by atoms with van der Waals surface area (Å²) in [5, 5.41) is 13.6. The lowest BCUT2D eigenvalue weighted by atomic mass is 10.1. The molecule has 4 aromatic rings. The Hall–Kier alpha value is -3.65. The molecule has 148 valence electrons. The Kier molecular flexibility index (Phi) is 5.01. The van der Waals surface area contributed by atoms with Crippen LogP contribution in [0.15, 0.2) is 65.7 Å². The number of aromatic carboxylic acids is 1. The van der Waals surface area contributed by atoms with Gasteiger partial charge in [0.25, 0.3) is 0 Å². The Balaban J connectivity index is 1.81. The van der Waals surface area contributed by atoms with Gasteiger partial charge in [-0.05, 0) is 42.0 Å². The molecule has 0 bridgehead atoms. The lowest BCUT2D eigenvalue weighted by molar-refractivity contribution is 0.0697. The minimum absolute atomic E-state index is 0.139. The number of hydrogen-bond acceptors (Lipinski definition) is 4. The van der Waals surface area contributed by atoms with Crippen molar-refractivity contribution in [2.24, 2.45) is 0 Å². The van der Waals surface area contributed by atoms with Gasteiger partial charge in [-0.3, -0.25) is 9.13 Å². The molecule has 0 aliphatic rings. The molecule has 29 heavy (non-hydrogen) atoms. The minimum Gasteiger partial charge on any atom is -0.478 e. The van der Waals surface area contributed by atoms with Crippen molar-refractivity contribution in [3.05, 3.63) is 82.5 Å². The number of fused-ring (bicyclic) bond motifs is 1. The first-order chi connectivity index (χ1) is 14.1. The number of methoxy groups -OCH3 is 1. The SMILES string of the molecule is COCCn1c(=O)n(Cc2cccc(-n3cccn3)c2)c2cc(C(=O)O)ccc21. The van der Waals surface area contributed by atoms with Crippen LogP contribution in [0.3, 0.4) is 0 Å². The molecule has 2 aromatic carbocycles. The third-order valence-corrected chi connectivity index (χ3v) is 4.80. The first-order valence-electron chi connectivity index (χ1n) is 9.13. The Morgan fingerprint density at radius 1 is 1.10 bits per heavy atom. The number of carboxylic acids is 1. The third kappa shape index (κ3) is 3.57. The number of ether oxygens (including phenoxy) is 1. The lowest BCUT2D eigenvalue weighted by Crippen LogP contribution is -2.26. The van der Waals surface area contributed by atoms with Crippen molar-refractivity contribution >= 4 is 17.0 Å². The highest BCUT2D eigenvalue weighted by Gasteiger charge is 2.16. The fourth-order valence-electron chi connectivity index (χ4n) is 3.41. The molecule has 0 saturated heterocycles. The molecule has 0 radical (unpaired) electrons. The largest absolute Gasteiger partial charge is 0.478 e. The van der Waals surface area contributed by atoms with Crippen molar-refractivity contribution in [3.8, 4) is 5.69 Å². The van der Waals surface area contributed by atoms with Crippen LogP contribution in [0.1, 0.15) is 15.9 Å². The molecule has 0 aliphatic heterocycles. The number of hydrogen-bond donors (Lipinski definition) is 1. The molecule has 0 atom stereocenters. The van der Waals surface area contributed by atoms with E-state index >= 15 is 0 Å². The molecule has 0 amide bonds. The maximum atomic E-state index is 13.1. The van der Waals surface area contributed by atoms with E-state index in [1.54, 1.807) is 39.3 Å². The van der Waals surface area contributed by atoms with E-state index in [9.17, 15) is 14.7 Å². The summed E-state index contributed by atoms with van der Waals surface area (Å²) in [6.45, 7) is 1.08. The Morgan fingerprint density at radius 2 is 1.97 bits per heavy atom. The molecule has 0 fully saturated rings. The molecule has 0 aliphatic carbocycles. The van der Waals surface area contributed by atoms with E-state index in [0.717, 1.165) is 11.3 Å². The van der Waals surface area contributed by atoms with Crippen LogP contribution >= 0.6 is 0 Å². The van der Waals surface area contributed by atoms with Gasteiger partial charge in [-0.25, -0.2) is 14.3 Å². The summed E-state index contributed by atoms with van der Waals surface area (Å²) >= 11 is 0. The molecule has 0 saturated carbocycles. The van der Waals surface area contributed by atoms with Gasteiger partial charge in [0.2, 0.25) is 0 Å². The van der Waals surface area contributed by atoms with Crippen molar-refractivity contribution in [2.75, 3.05) is 13.7 Å². The fraction of sp³-hybridized carbons (Fsp3) is 0.190. The van der Waals surface area contributed by atoms with Crippen molar-refractivity contribution in [2.45, 2.75) is 13.1 Å². The van der Waals surface area contributed by atoms with Gasteiger partial charge in [-0.2, -0.15) is 5.10 Å². The van der Waals surface area contributed by atoms with E-state index in [4.69, 9.17) is 4.74 Å². The third-order valence-electron chi connectivity index (χ3n) is 4.80. The van der Waals surface area contributed by atoms with Crippen molar-refractivity contribution in [3.63, 3.8) is 0 Å². The van der Waals surface area contributed by atoms with E-state index in [1.165, 1.54) is 6.07 Å². The summed E-state index contributed by atoms with van der Waals surface area (Å²) in [6, 6.07) is 14.3. The van der Waals surface area contributed by atoms with Crippen molar-refractivity contribution in [1.82, 2.24) is 18.9 Å². The number of aromatic nitrogens is 4. The van der Waals surface area contributed by atoms with Crippen LogP contribution in [0.2, 0.25) is 0 Å². The molecule has 0 spiro atoms. The van der Waals surface area contributed by atoms with Gasteiger partial charge in [0.05, 0.1) is 42.0 Å². The Labute approximate surface area is 166 Å². The van der Waals surface area contributed by atoms with Crippen molar-refractivity contribution in [1.29, 1.82) is 0 Å². The number of nitrogens with zero attached hydrogens (tertiary/aromatic N) is 4. The highest BCUT2D eigenvalue weighted by atomic mass is 16.5. The number of rotatable bonds is 7. The summed E-state index contributed by atoms with van der Waals surface area (Å²) in [5.74, 6) is -1.03. The predicted molar refractivity (Wildman–Crippen MR) is 108 cm³/mol. The molecule has 8 heteroatoms. The van der Waals surface area contributed by atoms with Crippen LogP contribution in [0.4, 0.5) is 0 Å². The molecule has 8 nitrogen and oxygen atoms in total. The Morgan fingerprint density at radius 3 is 2.69 bits per heavy atom. The summed E-state index contributed by atoms with van der Waals surface area (Å²) in [6.07, 6.45) is 3.55. The zero-order valence-corrected chi connectivity index (χ0v) is 15.9. The van der Waals surface area contributed by atoms with Gasteiger partial charge in [0.15, 0.2) is 0 Å². The summed E-state index contributed by atoms with van der Waals surface area (Å²) in [4.78, 5) is 24.5. The Bertz CT molecular complexity index is 1220. The van der Waals surface area contributed by atoms with Gasteiger partial charge in [-0.15, -0.1) is 0 Å². The van der Waals surface area contributed by atoms with E-state index in [2.05, 4.69) is 5.10 Å². The molecule has 0 unspecified atom stereocenters.